The van der Waals surface area contributed by atoms with Gasteiger partial charge < -0.3 is 10.5 Å². The normalized spacial score (nSPS) is 9.18. The number of nitrogens with zero attached hydrogens (tertiary/aromatic N) is 2. The van der Waals surface area contributed by atoms with Gasteiger partial charge in [0.25, 0.3) is 0 Å². The Morgan fingerprint density at radius 1 is 1.73 bits per heavy atom. The molecule has 1 rings (SSSR count). The van der Waals surface area contributed by atoms with Crippen molar-refractivity contribution in [1.29, 1.82) is 0 Å². The highest BCUT2D eigenvalue weighted by Crippen LogP contribution is 2.07. The van der Waals surface area contributed by atoms with Crippen LogP contribution in [0.3, 0.4) is 0 Å². The van der Waals surface area contributed by atoms with Gasteiger partial charge in [-0.1, -0.05) is 0 Å². The van der Waals surface area contributed by atoms with Crippen LogP contribution in [0.5, 0.6) is 5.75 Å². The maximum absolute atomic E-state index is 10.2. The predicted molar refractivity (Wildman–Crippen MR) is 37.0 cm³/mol. The zero-order valence-corrected chi connectivity index (χ0v) is 5.94. The lowest BCUT2D eigenvalue weighted by Crippen LogP contribution is -2.16. The van der Waals surface area contributed by atoms with Crippen LogP contribution < -0.4 is 10.5 Å². The molecule has 1 amide bonds. The van der Waals surface area contributed by atoms with Crippen molar-refractivity contribution in [2.75, 3.05) is 0 Å². The van der Waals surface area contributed by atoms with E-state index >= 15 is 0 Å². The third kappa shape index (κ3) is 2.21. The fourth-order valence-electron chi connectivity index (χ4n) is 0.621. The van der Waals surface area contributed by atoms with Crippen molar-refractivity contribution in [2.24, 2.45) is 5.73 Å². The predicted octanol–water partition coefficient (Wildman–Crippen LogP) is 0.243. The van der Waals surface area contributed by atoms with E-state index in [0.29, 0.717) is 11.4 Å². The third-order valence-electron chi connectivity index (χ3n) is 0.970. The first kappa shape index (κ1) is 7.46. The monoisotopic (exact) mass is 153 g/mol. The fraction of sp³-hybridized carbons (Fsp3) is 0.167. The first-order valence-corrected chi connectivity index (χ1v) is 2.95. The highest BCUT2D eigenvalue weighted by atomic mass is 16.5. The summed E-state index contributed by atoms with van der Waals surface area (Å²) in [6, 6.07) is 1.57. The lowest BCUT2D eigenvalue weighted by molar-refractivity contribution is 0.210. The summed E-state index contributed by atoms with van der Waals surface area (Å²) in [7, 11) is 0. The molecule has 0 aliphatic heterocycles. The lowest BCUT2D eigenvalue weighted by atomic mass is 10.4. The number of aromatic nitrogens is 2. The molecule has 0 saturated heterocycles. The maximum Gasteiger partial charge on any atom is 0.410 e. The lowest BCUT2D eigenvalue weighted by Gasteiger charge is -1.98. The van der Waals surface area contributed by atoms with Crippen molar-refractivity contribution in [2.45, 2.75) is 6.92 Å². The molecule has 11 heavy (non-hydrogen) atoms. The van der Waals surface area contributed by atoms with Gasteiger partial charge in [0.2, 0.25) is 0 Å². The number of rotatable bonds is 1. The van der Waals surface area contributed by atoms with Gasteiger partial charge in [0.05, 0.1) is 11.9 Å². The van der Waals surface area contributed by atoms with Gasteiger partial charge in [0, 0.05) is 6.07 Å². The van der Waals surface area contributed by atoms with Crippen LogP contribution in [-0.4, -0.2) is 16.3 Å². The summed E-state index contributed by atoms with van der Waals surface area (Å²) in [5.74, 6) is 0.310. The highest BCUT2D eigenvalue weighted by Gasteiger charge is 1.98. The molecule has 0 radical (unpaired) electrons. The minimum atomic E-state index is -0.850. The molecule has 58 valence electrons. The zero-order chi connectivity index (χ0) is 8.27. The highest BCUT2D eigenvalue weighted by molar-refractivity contribution is 5.67. The van der Waals surface area contributed by atoms with E-state index in [9.17, 15) is 4.79 Å². The quantitative estimate of drug-likeness (QED) is 0.626. The molecular weight excluding hydrogens is 146 g/mol. The molecule has 0 unspecified atom stereocenters. The van der Waals surface area contributed by atoms with E-state index < -0.39 is 6.09 Å². The van der Waals surface area contributed by atoms with Gasteiger partial charge >= 0.3 is 6.09 Å². The van der Waals surface area contributed by atoms with Crippen molar-refractivity contribution in [3.8, 4) is 5.75 Å². The largest absolute Gasteiger partial charge is 0.410 e. The Morgan fingerprint density at radius 2 is 2.45 bits per heavy atom. The fourth-order valence-corrected chi connectivity index (χ4v) is 0.621. The number of hydrogen-bond donors (Lipinski definition) is 1. The molecule has 1 aromatic rings. The molecule has 0 spiro atoms. The van der Waals surface area contributed by atoms with Crippen LogP contribution in [0, 0.1) is 6.92 Å². The van der Waals surface area contributed by atoms with Crippen molar-refractivity contribution >= 4 is 6.09 Å². The van der Waals surface area contributed by atoms with Crippen LogP contribution in [0.1, 0.15) is 5.69 Å². The molecule has 5 nitrogen and oxygen atoms in total. The molecule has 0 aromatic carbocycles. The van der Waals surface area contributed by atoms with E-state index in [4.69, 9.17) is 5.73 Å². The van der Waals surface area contributed by atoms with Crippen LogP contribution in [0.2, 0.25) is 0 Å². The number of nitrogens with two attached hydrogens (primary N) is 1. The summed E-state index contributed by atoms with van der Waals surface area (Å²) in [6.45, 7) is 1.74. The molecule has 0 bridgehead atoms. The van der Waals surface area contributed by atoms with E-state index in [1.54, 1.807) is 13.0 Å². The Morgan fingerprint density at radius 3 is 3.00 bits per heavy atom. The summed E-state index contributed by atoms with van der Waals surface area (Å²) in [5, 5.41) is 7.22. The topological polar surface area (TPSA) is 78.1 Å². The first-order valence-electron chi connectivity index (χ1n) is 2.95. The number of ether oxygens (including phenoxy) is 1. The zero-order valence-electron chi connectivity index (χ0n) is 5.94. The average molecular weight is 153 g/mol. The summed E-state index contributed by atoms with van der Waals surface area (Å²) >= 11 is 0. The molecule has 0 atom stereocenters. The van der Waals surface area contributed by atoms with Crippen molar-refractivity contribution in [3.05, 3.63) is 18.0 Å². The third-order valence-corrected chi connectivity index (χ3v) is 0.970. The number of hydrogen-bond acceptors (Lipinski definition) is 4. The SMILES string of the molecule is Cc1cc(OC(N)=O)cnn1. The van der Waals surface area contributed by atoms with E-state index in [1.165, 1.54) is 6.20 Å². The van der Waals surface area contributed by atoms with Crippen molar-refractivity contribution in [3.63, 3.8) is 0 Å². The average Bonchev–Trinajstić information content (AvgIpc) is 1.85. The van der Waals surface area contributed by atoms with E-state index in [-0.39, 0.29) is 0 Å². The Labute approximate surface area is 63.2 Å². The van der Waals surface area contributed by atoms with Gasteiger partial charge in [0.1, 0.15) is 0 Å². The molecule has 5 heteroatoms. The van der Waals surface area contributed by atoms with Gasteiger partial charge in [0.15, 0.2) is 5.75 Å². The molecule has 2 N–H and O–H groups in total. The standard InChI is InChI=1S/C6H7N3O2/c1-4-2-5(3-8-9-4)11-6(7)10/h2-3H,1H3,(H2,7,10). The Bertz CT molecular complexity index is 274. The summed E-state index contributed by atoms with van der Waals surface area (Å²) in [6.07, 6.45) is 0.468. The number of amides is 1. The molecule has 0 fully saturated rings. The molecule has 1 aromatic heterocycles. The number of aryl methyl sites for hydroxylation is 1. The summed E-state index contributed by atoms with van der Waals surface area (Å²) < 4.78 is 4.53. The minimum Gasteiger partial charge on any atom is -0.409 e. The van der Waals surface area contributed by atoms with Crippen molar-refractivity contribution < 1.29 is 9.53 Å². The molecule has 0 saturated carbocycles. The van der Waals surface area contributed by atoms with Crippen LogP contribution in [0.15, 0.2) is 12.3 Å². The minimum absolute atomic E-state index is 0.310. The number of carbonyl (C=O) groups is 1. The Hall–Kier alpha value is -1.65. The maximum atomic E-state index is 10.2. The van der Waals surface area contributed by atoms with Gasteiger partial charge in [-0.25, -0.2) is 4.79 Å². The second kappa shape index (κ2) is 2.96. The second-order valence-electron chi connectivity index (χ2n) is 1.95. The van der Waals surface area contributed by atoms with Crippen molar-refractivity contribution in [1.82, 2.24) is 10.2 Å². The molecular formula is C6H7N3O2. The van der Waals surface area contributed by atoms with Crippen LogP contribution in [0.25, 0.3) is 0 Å². The summed E-state index contributed by atoms with van der Waals surface area (Å²) in [5.41, 5.74) is 5.44. The Kier molecular flexibility index (Phi) is 2.00. The Balaban J connectivity index is 2.79. The number of primary amides is 1. The van der Waals surface area contributed by atoms with E-state index in [0.717, 1.165) is 0 Å². The van der Waals surface area contributed by atoms with E-state index in [1.807, 2.05) is 0 Å². The molecule has 0 aliphatic carbocycles. The van der Waals surface area contributed by atoms with Gasteiger partial charge in [-0.05, 0) is 6.92 Å². The van der Waals surface area contributed by atoms with Crippen LogP contribution in [0.4, 0.5) is 4.79 Å². The summed E-state index contributed by atoms with van der Waals surface area (Å²) in [4.78, 5) is 10.2. The molecule has 1 heterocycles. The number of carbonyl (C=O) groups excluding carboxylic acids is 1. The second-order valence-corrected chi connectivity index (χ2v) is 1.95. The van der Waals surface area contributed by atoms with Crippen LogP contribution in [-0.2, 0) is 0 Å². The smallest absolute Gasteiger partial charge is 0.409 e. The van der Waals surface area contributed by atoms with Gasteiger partial charge in [-0.2, -0.15) is 10.2 Å². The first-order chi connectivity index (χ1) is 5.18. The molecule has 0 aliphatic rings. The van der Waals surface area contributed by atoms with Gasteiger partial charge in [-0.3, -0.25) is 0 Å². The van der Waals surface area contributed by atoms with E-state index in [2.05, 4.69) is 14.9 Å². The van der Waals surface area contributed by atoms with Crippen LogP contribution >= 0.6 is 0 Å². The van der Waals surface area contributed by atoms with Gasteiger partial charge in [-0.15, -0.1) is 0 Å².